The molecule has 0 heterocycles. The first kappa shape index (κ1) is 12.7. The fourth-order valence-electron chi connectivity index (χ4n) is 2.26. The molecule has 0 radical (unpaired) electrons. The van der Waals surface area contributed by atoms with E-state index >= 15 is 0 Å². The summed E-state index contributed by atoms with van der Waals surface area (Å²) in [7, 11) is 1.73. The van der Waals surface area contributed by atoms with Gasteiger partial charge in [-0.25, -0.2) is 0 Å². The van der Waals surface area contributed by atoms with Crippen molar-refractivity contribution in [3.8, 4) is 5.75 Å². The molecule has 0 fully saturated rings. The van der Waals surface area contributed by atoms with Crippen LogP contribution >= 0.6 is 0 Å². The molecule has 0 amide bonds. The van der Waals surface area contributed by atoms with Gasteiger partial charge < -0.3 is 4.74 Å². The molecule has 0 saturated heterocycles. The lowest BCUT2D eigenvalue weighted by atomic mass is 10.00. The Morgan fingerprint density at radius 2 is 1.78 bits per heavy atom. The normalized spacial score (nSPS) is 10.4. The maximum atomic E-state index is 5.41. The Bertz CT molecular complexity index is 563. The minimum Gasteiger partial charge on any atom is -0.496 e. The largest absolute Gasteiger partial charge is 0.496 e. The van der Waals surface area contributed by atoms with Gasteiger partial charge in [0.25, 0.3) is 0 Å². The lowest BCUT2D eigenvalue weighted by molar-refractivity contribution is 0.420. The van der Waals surface area contributed by atoms with Gasteiger partial charge in [-0.15, -0.1) is 0 Å². The van der Waals surface area contributed by atoms with Crippen LogP contribution in [0, 0.1) is 0 Å². The first-order valence-electron chi connectivity index (χ1n) is 6.40. The molecule has 1 heteroatoms. The van der Waals surface area contributed by atoms with Crippen LogP contribution in [-0.2, 0) is 6.42 Å². The molecule has 2 aromatic carbocycles. The van der Waals surface area contributed by atoms with Crippen molar-refractivity contribution in [3.63, 3.8) is 0 Å². The second-order valence-electron chi connectivity index (χ2n) is 4.79. The molecule has 0 N–H and O–H groups in total. The maximum Gasteiger partial charge on any atom is 0.126 e. The van der Waals surface area contributed by atoms with E-state index in [1.54, 1.807) is 7.11 Å². The number of hydrogen-bond donors (Lipinski definition) is 0. The van der Waals surface area contributed by atoms with E-state index < -0.39 is 0 Å². The standard InChI is InChI=1S/C17H20O/c1-13(2)7-4-8-14-9-5-11-16-15(14)10-6-12-17(16)18-3/h5-7,9-12H,4,8H2,1-3H3. The van der Waals surface area contributed by atoms with Crippen molar-refractivity contribution < 1.29 is 4.74 Å². The summed E-state index contributed by atoms with van der Waals surface area (Å²) in [6, 6.07) is 12.7. The highest BCUT2D eigenvalue weighted by atomic mass is 16.5. The summed E-state index contributed by atoms with van der Waals surface area (Å²) < 4.78 is 5.41. The first-order chi connectivity index (χ1) is 8.72. The monoisotopic (exact) mass is 240 g/mol. The molecule has 0 aliphatic carbocycles. The topological polar surface area (TPSA) is 9.23 Å². The molecule has 0 unspecified atom stereocenters. The third-order valence-corrected chi connectivity index (χ3v) is 3.16. The molecular formula is C17H20O. The minimum absolute atomic E-state index is 0.955. The second-order valence-corrected chi connectivity index (χ2v) is 4.79. The van der Waals surface area contributed by atoms with Gasteiger partial charge >= 0.3 is 0 Å². The van der Waals surface area contributed by atoms with Crippen LogP contribution in [0.3, 0.4) is 0 Å². The van der Waals surface area contributed by atoms with Crippen LogP contribution in [0.5, 0.6) is 5.75 Å². The number of methoxy groups -OCH3 is 1. The lowest BCUT2D eigenvalue weighted by Gasteiger charge is -2.09. The van der Waals surface area contributed by atoms with Gasteiger partial charge in [0.1, 0.15) is 5.75 Å². The third-order valence-electron chi connectivity index (χ3n) is 3.16. The maximum absolute atomic E-state index is 5.41. The zero-order valence-electron chi connectivity index (χ0n) is 11.4. The summed E-state index contributed by atoms with van der Waals surface area (Å²) in [4.78, 5) is 0. The van der Waals surface area contributed by atoms with Crippen LogP contribution in [0.25, 0.3) is 10.8 Å². The van der Waals surface area contributed by atoms with E-state index in [1.807, 2.05) is 6.07 Å². The molecule has 0 bridgehead atoms. The third kappa shape index (κ3) is 2.73. The summed E-state index contributed by atoms with van der Waals surface area (Å²) in [6.45, 7) is 4.29. The number of fused-ring (bicyclic) bond motifs is 1. The average Bonchev–Trinajstić information content (AvgIpc) is 2.38. The first-order valence-corrected chi connectivity index (χ1v) is 6.40. The van der Waals surface area contributed by atoms with Gasteiger partial charge in [-0.1, -0.05) is 42.0 Å². The molecule has 2 aromatic rings. The number of allylic oxidation sites excluding steroid dienone is 2. The Morgan fingerprint density at radius 3 is 2.50 bits per heavy atom. The van der Waals surface area contributed by atoms with Crippen LogP contribution in [0.2, 0.25) is 0 Å². The Morgan fingerprint density at radius 1 is 1.06 bits per heavy atom. The van der Waals surface area contributed by atoms with Gasteiger partial charge in [0.05, 0.1) is 7.11 Å². The van der Waals surface area contributed by atoms with E-state index in [9.17, 15) is 0 Å². The van der Waals surface area contributed by atoms with Gasteiger partial charge in [0, 0.05) is 5.39 Å². The Kier molecular flexibility index (Phi) is 4.03. The number of ether oxygens (including phenoxy) is 1. The van der Waals surface area contributed by atoms with Crippen molar-refractivity contribution >= 4 is 10.8 Å². The Hall–Kier alpha value is -1.76. The quantitative estimate of drug-likeness (QED) is 0.701. The fourth-order valence-corrected chi connectivity index (χ4v) is 2.26. The van der Waals surface area contributed by atoms with Crippen molar-refractivity contribution in [1.82, 2.24) is 0 Å². The molecule has 1 nitrogen and oxygen atoms in total. The van der Waals surface area contributed by atoms with E-state index in [-0.39, 0.29) is 0 Å². The van der Waals surface area contributed by atoms with Crippen molar-refractivity contribution in [2.24, 2.45) is 0 Å². The summed E-state index contributed by atoms with van der Waals surface area (Å²) >= 11 is 0. The van der Waals surface area contributed by atoms with Crippen LogP contribution < -0.4 is 4.74 Å². The minimum atomic E-state index is 0.955. The summed E-state index contributed by atoms with van der Waals surface area (Å²) in [5.41, 5.74) is 2.77. The fraction of sp³-hybridized carbons (Fsp3) is 0.294. The van der Waals surface area contributed by atoms with Gasteiger partial charge in [-0.3, -0.25) is 0 Å². The van der Waals surface area contributed by atoms with Crippen molar-refractivity contribution in [3.05, 3.63) is 53.6 Å². The van der Waals surface area contributed by atoms with Crippen LogP contribution in [0.15, 0.2) is 48.0 Å². The van der Waals surface area contributed by atoms with Crippen LogP contribution in [0.4, 0.5) is 0 Å². The highest BCUT2D eigenvalue weighted by Crippen LogP contribution is 2.28. The molecule has 94 valence electrons. The highest BCUT2D eigenvalue weighted by molar-refractivity contribution is 5.90. The van der Waals surface area contributed by atoms with Gasteiger partial charge in [0.15, 0.2) is 0 Å². The van der Waals surface area contributed by atoms with E-state index in [0.717, 1.165) is 18.6 Å². The van der Waals surface area contributed by atoms with Crippen molar-refractivity contribution in [2.45, 2.75) is 26.7 Å². The number of benzene rings is 2. The second kappa shape index (κ2) is 5.72. The number of rotatable bonds is 4. The Balaban J connectivity index is 2.36. The SMILES string of the molecule is COc1cccc2c(CCC=C(C)C)cccc12. The predicted octanol–water partition coefficient (Wildman–Crippen LogP) is 4.75. The van der Waals surface area contributed by atoms with Gasteiger partial charge in [-0.05, 0) is 43.7 Å². The van der Waals surface area contributed by atoms with E-state index in [0.29, 0.717) is 0 Å². The zero-order chi connectivity index (χ0) is 13.0. The van der Waals surface area contributed by atoms with Gasteiger partial charge in [-0.2, -0.15) is 0 Å². The molecule has 18 heavy (non-hydrogen) atoms. The summed E-state index contributed by atoms with van der Waals surface area (Å²) in [5.74, 6) is 0.955. The van der Waals surface area contributed by atoms with Crippen LogP contribution in [-0.4, -0.2) is 7.11 Å². The molecule has 0 spiro atoms. The molecule has 0 aliphatic rings. The molecule has 0 atom stereocenters. The molecular weight excluding hydrogens is 220 g/mol. The molecule has 0 aliphatic heterocycles. The predicted molar refractivity (Wildman–Crippen MR) is 78.3 cm³/mol. The lowest BCUT2D eigenvalue weighted by Crippen LogP contribution is -1.89. The molecule has 0 saturated carbocycles. The average molecular weight is 240 g/mol. The summed E-state index contributed by atoms with van der Waals surface area (Å²) in [5, 5.41) is 2.51. The zero-order valence-corrected chi connectivity index (χ0v) is 11.4. The van der Waals surface area contributed by atoms with E-state index in [4.69, 9.17) is 4.74 Å². The van der Waals surface area contributed by atoms with Crippen LogP contribution in [0.1, 0.15) is 25.8 Å². The number of aryl methyl sites for hydroxylation is 1. The molecule has 0 aromatic heterocycles. The molecule has 2 rings (SSSR count). The number of hydrogen-bond acceptors (Lipinski definition) is 1. The Labute approximate surface area is 109 Å². The smallest absolute Gasteiger partial charge is 0.126 e. The van der Waals surface area contributed by atoms with E-state index in [2.05, 4.69) is 50.3 Å². The highest BCUT2D eigenvalue weighted by Gasteiger charge is 2.04. The van der Waals surface area contributed by atoms with E-state index in [1.165, 1.54) is 21.9 Å². The van der Waals surface area contributed by atoms with Gasteiger partial charge in [0.2, 0.25) is 0 Å². The summed E-state index contributed by atoms with van der Waals surface area (Å²) in [6.07, 6.45) is 4.47. The van der Waals surface area contributed by atoms with Crippen molar-refractivity contribution in [1.29, 1.82) is 0 Å². The van der Waals surface area contributed by atoms with Crippen molar-refractivity contribution in [2.75, 3.05) is 7.11 Å².